The maximum atomic E-state index is 13.7. The lowest BCUT2D eigenvalue weighted by Gasteiger charge is -2.37. The van der Waals surface area contributed by atoms with Crippen LogP contribution >= 0.6 is 0 Å². The van der Waals surface area contributed by atoms with Gasteiger partial charge in [-0.1, -0.05) is 39.0 Å². The van der Waals surface area contributed by atoms with E-state index < -0.39 is 211 Å². The normalized spacial score (nSPS) is 16.6. The van der Waals surface area contributed by atoms with Crippen molar-refractivity contribution in [2.24, 2.45) is 0 Å². The summed E-state index contributed by atoms with van der Waals surface area (Å²) in [5.74, 6) is -10.1. The molecule has 0 fully saturated rings. The Hall–Kier alpha value is -11.1. The molecule has 0 saturated carbocycles. The Morgan fingerprint density at radius 3 is 0.617 bits per heavy atom. The molecule has 0 aromatic heterocycles. The van der Waals surface area contributed by atoms with E-state index in [1.807, 2.05) is 0 Å². The highest BCUT2D eigenvalue weighted by atomic mass is 19.4. The van der Waals surface area contributed by atoms with Crippen LogP contribution in [0.25, 0.3) is 16.7 Å². The van der Waals surface area contributed by atoms with Gasteiger partial charge in [-0.2, -0.15) is 119 Å². The minimum absolute atomic E-state index is 0.0903. The van der Waals surface area contributed by atoms with Gasteiger partial charge < -0.3 is 28.4 Å². The van der Waals surface area contributed by atoms with E-state index >= 15 is 0 Å². The minimum Gasteiger partial charge on any atom is -0.468 e. The lowest BCUT2D eigenvalue weighted by molar-refractivity contribution is -0.145. The van der Waals surface area contributed by atoms with Gasteiger partial charge in [-0.05, 0) is 183 Å². The van der Waals surface area contributed by atoms with Gasteiger partial charge in [0.25, 0.3) is 0 Å². The van der Waals surface area contributed by atoms with Crippen LogP contribution in [0.4, 0.5) is 150 Å². The number of methoxy groups -OCH3 is 3. The molecular weight excluding hydrogens is 1680 g/mol. The first-order valence-corrected chi connectivity index (χ1v) is 35.1. The zero-order chi connectivity index (χ0) is 90.6. The monoisotopic (exact) mass is 1750 g/mol. The number of anilines is 3. The number of nitrogens with zero attached hydrogens (tertiary/aromatic N) is 3. The van der Waals surface area contributed by atoms with Gasteiger partial charge in [0, 0.05) is 16.7 Å². The molecule has 654 valence electrons. The van der Waals surface area contributed by atoms with Crippen molar-refractivity contribution in [1.82, 2.24) is 0 Å². The van der Waals surface area contributed by atoms with Gasteiger partial charge in [-0.25, -0.2) is 14.4 Å². The number of amides is 3. The molecule has 1 unspecified atom stereocenters. The maximum absolute atomic E-state index is 13.7. The lowest BCUT2D eigenvalue weighted by Crippen LogP contribution is -2.42. The first-order valence-electron chi connectivity index (χ1n) is 35.1. The molecule has 6 aromatic carbocycles. The van der Waals surface area contributed by atoms with E-state index in [1.54, 1.807) is 20.8 Å². The molecule has 3 heterocycles. The molecule has 3 aliphatic heterocycles. The number of halogens is 27. The molecule has 3 aliphatic rings. The number of hydrogen-bond donors (Lipinski definition) is 0. The van der Waals surface area contributed by atoms with Crippen molar-refractivity contribution in [2.45, 2.75) is 152 Å². The molecular formula is C78H66F27N3O12. The average Bonchev–Trinajstić information content (AvgIpc) is 0.750. The number of ether oxygens (including phenoxy) is 6. The van der Waals surface area contributed by atoms with Crippen molar-refractivity contribution in [1.29, 1.82) is 0 Å². The van der Waals surface area contributed by atoms with E-state index in [0.29, 0.717) is 72.8 Å². The summed E-state index contributed by atoms with van der Waals surface area (Å²) < 4.78 is 397. The fraction of sp³-hybridized carbons (Fsp3) is 0.385. The van der Waals surface area contributed by atoms with Crippen molar-refractivity contribution < 1.29 is 176 Å². The van der Waals surface area contributed by atoms with Crippen LogP contribution in [0.2, 0.25) is 0 Å². The summed E-state index contributed by atoms with van der Waals surface area (Å²) in [6.45, 7) is 8.84. The Labute approximate surface area is 662 Å². The molecule has 0 bridgehead atoms. The van der Waals surface area contributed by atoms with Crippen molar-refractivity contribution in [2.75, 3.05) is 55.8 Å². The van der Waals surface area contributed by atoms with E-state index in [4.69, 9.17) is 28.4 Å². The van der Waals surface area contributed by atoms with Crippen molar-refractivity contribution >= 4 is 70.0 Å². The van der Waals surface area contributed by atoms with E-state index in [9.17, 15) is 147 Å². The summed E-state index contributed by atoms with van der Waals surface area (Å²) in [5.41, 5.74) is -19.5. The Morgan fingerprint density at radius 1 is 0.283 bits per heavy atom. The molecule has 0 spiro atoms. The number of esters is 3. The van der Waals surface area contributed by atoms with E-state index in [-0.39, 0.29) is 91.1 Å². The summed E-state index contributed by atoms with van der Waals surface area (Å²) in [6.07, 6.45) is -45.5. The number of hydrogen-bond acceptors (Lipinski definition) is 12. The van der Waals surface area contributed by atoms with Crippen LogP contribution in [-0.2, 0) is 98.4 Å². The molecule has 0 saturated heterocycles. The van der Waals surface area contributed by atoms with Gasteiger partial charge in [0.1, 0.15) is 17.8 Å². The number of fused-ring (bicyclic) bond motifs is 3. The Kier molecular flexibility index (Phi) is 29.2. The van der Waals surface area contributed by atoms with Gasteiger partial charge in [0.2, 0.25) is 0 Å². The first kappa shape index (κ1) is 96.0. The van der Waals surface area contributed by atoms with E-state index in [2.05, 4.69) is 0 Å². The molecule has 3 amide bonds. The number of benzene rings is 6. The Bertz CT molecular complexity index is 4320. The molecule has 6 aromatic rings. The highest BCUT2D eigenvalue weighted by molar-refractivity contribution is 6.05. The SMILES string of the molecule is CCOC(=O)N1c2ccc(C(F)(F)F)cc2C(C(C(=O)OC)c2cc(C(F)(F)F)cc(C(F)(F)F)c2)=C[C@H]1CC.CCOC(=O)N1c2ccc(C(F)(F)F)cc2C([C@@H](C(=O)OC)c2cc(C(F)(F)F)cc(C(F)(F)F)c2)=C[C@H]1CC.CCOC(=O)N1c2ccc(C(F)(F)F)cc2C([C@H](C(=O)OC)c2cc(C(F)(F)F)cc(C(F)(F)F)c2)=C[C@H]1CC. The van der Waals surface area contributed by atoms with E-state index in [0.717, 1.165) is 72.5 Å². The maximum Gasteiger partial charge on any atom is 0.416 e. The second-order valence-electron chi connectivity index (χ2n) is 26.1. The number of alkyl halides is 27. The molecule has 6 atom stereocenters. The fourth-order valence-electron chi connectivity index (χ4n) is 13.2. The number of rotatable bonds is 15. The van der Waals surface area contributed by atoms with Crippen LogP contribution < -0.4 is 14.7 Å². The largest absolute Gasteiger partial charge is 0.468 e. The quantitative estimate of drug-likeness (QED) is 0.0543. The summed E-state index contributed by atoms with van der Waals surface area (Å²) in [5, 5.41) is 0. The van der Waals surface area contributed by atoms with Crippen molar-refractivity contribution in [3.63, 3.8) is 0 Å². The highest BCUT2D eigenvalue weighted by Gasteiger charge is 2.49. The van der Waals surface area contributed by atoms with Gasteiger partial charge in [0.15, 0.2) is 0 Å². The smallest absolute Gasteiger partial charge is 0.416 e. The predicted molar refractivity (Wildman–Crippen MR) is 373 cm³/mol. The summed E-state index contributed by atoms with van der Waals surface area (Å²) in [4.78, 5) is 80.3. The first-order chi connectivity index (χ1) is 55.3. The highest BCUT2D eigenvalue weighted by Crippen LogP contribution is 2.53. The number of carbonyl (C=O) groups excluding carboxylic acids is 6. The topological polar surface area (TPSA) is 168 Å². The van der Waals surface area contributed by atoms with Gasteiger partial charge in [-0.15, -0.1) is 0 Å². The molecule has 0 radical (unpaired) electrons. The van der Waals surface area contributed by atoms with Crippen LogP contribution in [0.15, 0.2) is 127 Å². The summed E-state index contributed by atoms with van der Waals surface area (Å²) in [7, 11) is 2.48. The van der Waals surface area contributed by atoms with Crippen LogP contribution in [-0.4, -0.2) is 95.5 Å². The van der Waals surface area contributed by atoms with Crippen LogP contribution in [0, 0.1) is 0 Å². The zero-order valence-electron chi connectivity index (χ0n) is 63.3. The molecule has 9 rings (SSSR count). The lowest BCUT2D eigenvalue weighted by atomic mass is 9.80. The summed E-state index contributed by atoms with van der Waals surface area (Å²) >= 11 is 0. The van der Waals surface area contributed by atoms with Gasteiger partial charge >= 0.3 is 91.8 Å². The predicted octanol–water partition coefficient (Wildman–Crippen LogP) is 23.5. The molecule has 0 N–H and O–H groups in total. The Balaban J connectivity index is 0.000000248. The second kappa shape index (κ2) is 36.4. The second-order valence-corrected chi connectivity index (χ2v) is 26.1. The third-order valence-corrected chi connectivity index (χ3v) is 18.5. The molecule has 15 nitrogen and oxygen atoms in total. The Morgan fingerprint density at radius 2 is 0.467 bits per heavy atom. The van der Waals surface area contributed by atoms with Crippen molar-refractivity contribution in [3.8, 4) is 0 Å². The fourth-order valence-corrected chi connectivity index (χ4v) is 13.2. The molecule has 42 heteroatoms. The van der Waals surface area contributed by atoms with Crippen molar-refractivity contribution in [3.05, 3.63) is 211 Å². The molecule has 120 heavy (non-hydrogen) atoms. The van der Waals surface area contributed by atoms with E-state index in [1.165, 1.54) is 20.8 Å². The average molecular weight is 1750 g/mol. The van der Waals surface area contributed by atoms with Gasteiger partial charge in [-0.3, -0.25) is 29.1 Å². The van der Waals surface area contributed by atoms with Crippen LogP contribution in [0.3, 0.4) is 0 Å². The zero-order valence-corrected chi connectivity index (χ0v) is 63.3. The third-order valence-electron chi connectivity index (χ3n) is 18.5. The van der Waals surface area contributed by atoms with Gasteiger partial charge in [0.05, 0.1) is 126 Å². The van der Waals surface area contributed by atoms with Crippen LogP contribution in [0.1, 0.15) is 162 Å². The third kappa shape index (κ3) is 21.7. The molecule has 0 aliphatic carbocycles. The van der Waals surface area contributed by atoms with Crippen LogP contribution in [0.5, 0.6) is 0 Å². The standard InChI is InChI=1S/3C26H22F9NO4/c3*1-4-17-12-19(18-11-14(24(27,28)29)6-7-20(18)36(17)23(38)40-5-2)21(22(37)39-3)13-8-15(25(30,31)32)10-16(9-13)26(33,34)35/h3*6-12,17,21H,4-5H2,1-3H3/t17-,21?;17-,21+;17-,21-/m111/s1. The minimum atomic E-state index is -5.26. The number of carbonyl (C=O) groups is 6. The summed E-state index contributed by atoms with van der Waals surface area (Å²) in [6, 6.07) is 4.89.